The van der Waals surface area contributed by atoms with Crippen molar-refractivity contribution < 1.29 is 9.53 Å². The van der Waals surface area contributed by atoms with Crippen molar-refractivity contribution in [3.05, 3.63) is 0 Å². The quantitative estimate of drug-likeness (QED) is 0.691. The lowest BCUT2D eigenvalue weighted by atomic mass is 10.2. The molecule has 0 radical (unpaired) electrons. The zero-order valence-electron chi connectivity index (χ0n) is 10.3. The molecule has 1 fully saturated rings. The van der Waals surface area contributed by atoms with Gasteiger partial charge in [-0.05, 0) is 13.0 Å². The Bertz CT molecular complexity index is 211. The van der Waals surface area contributed by atoms with Crippen molar-refractivity contribution in [1.29, 1.82) is 0 Å². The molecule has 1 atom stereocenters. The van der Waals surface area contributed by atoms with Crippen molar-refractivity contribution in [1.82, 2.24) is 9.80 Å². The lowest BCUT2D eigenvalue weighted by Gasteiger charge is -2.35. The Labute approximate surface area is 97.5 Å². The molecule has 0 spiro atoms. The van der Waals surface area contributed by atoms with E-state index in [-0.39, 0.29) is 12.5 Å². The summed E-state index contributed by atoms with van der Waals surface area (Å²) in [5.74, 6) is 0.0288. The highest BCUT2D eigenvalue weighted by Gasteiger charge is 2.25. The Morgan fingerprint density at radius 2 is 2.00 bits per heavy atom. The number of amides is 1. The number of hydrogen-bond acceptors (Lipinski definition) is 4. The van der Waals surface area contributed by atoms with Crippen molar-refractivity contribution in [2.24, 2.45) is 5.73 Å². The first-order chi connectivity index (χ1) is 7.72. The van der Waals surface area contributed by atoms with Gasteiger partial charge < -0.3 is 15.4 Å². The molecule has 1 aliphatic heterocycles. The molecular weight excluding hydrogens is 206 g/mol. The third-order valence-corrected chi connectivity index (χ3v) is 3.00. The second-order valence-corrected chi connectivity index (χ2v) is 4.13. The van der Waals surface area contributed by atoms with E-state index in [0.29, 0.717) is 0 Å². The summed E-state index contributed by atoms with van der Waals surface area (Å²) in [4.78, 5) is 16.2. The molecule has 1 saturated heterocycles. The second kappa shape index (κ2) is 6.83. The zero-order valence-corrected chi connectivity index (χ0v) is 10.3. The summed E-state index contributed by atoms with van der Waals surface area (Å²) < 4.78 is 5.06. The summed E-state index contributed by atoms with van der Waals surface area (Å²) in [6, 6.07) is 0. The van der Waals surface area contributed by atoms with Crippen LogP contribution in [0.1, 0.15) is 13.3 Å². The number of methoxy groups -OCH3 is 1. The maximum Gasteiger partial charge on any atom is 0.253 e. The van der Waals surface area contributed by atoms with Crippen molar-refractivity contribution in [3.8, 4) is 0 Å². The highest BCUT2D eigenvalue weighted by Crippen LogP contribution is 2.05. The van der Waals surface area contributed by atoms with Crippen molar-refractivity contribution in [2.45, 2.75) is 19.4 Å². The summed E-state index contributed by atoms with van der Waals surface area (Å²) in [6.45, 7) is 7.04. The van der Waals surface area contributed by atoms with Crippen LogP contribution >= 0.6 is 0 Å². The normalized spacial score (nSPS) is 19.8. The Kier molecular flexibility index (Phi) is 5.73. The monoisotopic (exact) mass is 229 g/mol. The minimum absolute atomic E-state index is 0.0288. The molecule has 1 aliphatic rings. The number of carbonyl (C=O) groups is 1. The predicted molar refractivity (Wildman–Crippen MR) is 63.2 cm³/mol. The van der Waals surface area contributed by atoms with E-state index in [1.54, 1.807) is 0 Å². The molecule has 5 heteroatoms. The number of nitrogens with two attached hydrogens (primary N) is 1. The molecule has 5 nitrogen and oxygen atoms in total. The van der Waals surface area contributed by atoms with Gasteiger partial charge in [-0.25, -0.2) is 0 Å². The van der Waals surface area contributed by atoms with Crippen LogP contribution in [0.3, 0.4) is 0 Å². The van der Waals surface area contributed by atoms with Crippen LogP contribution in [0.2, 0.25) is 0 Å². The summed E-state index contributed by atoms with van der Waals surface area (Å²) in [5, 5.41) is 0. The minimum atomic E-state index is -0.474. The number of piperazine rings is 1. The Balaban J connectivity index is 2.38. The van der Waals surface area contributed by atoms with Crippen LogP contribution < -0.4 is 5.73 Å². The standard InChI is InChI=1S/C11H23N3O2/c1-3-4-13-5-7-14(8-6-13)11(15)10(9-12)16-2/h10H,3-9,12H2,1-2H3. The average Bonchev–Trinajstić information content (AvgIpc) is 2.32. The highest BCUT2D eigenvalue weighted by molar-refractivity contribution is 5.81. The maximum absolute atomic E-state index is 11.9. The molecule has 94 valence electrons. The van der Waals surface area contributed by atoms with E-state index in [2.05, 4.69) is 11.8 Å². The largest absolute Gasteiger partial charge is 0.370 e. The van der Waals surface area contributed by atoms with Gasteiger partial charge in [0.25, 0.3) is 5.91 Å². The Morgan fingerprint density at radius 3 is 2.44 bits per heavy atom. The minimum Gasteiger partial charge on any atom is -0.370 e. The van der Waals surface area contributed by atoms with E-state index in [1.165, 1.54) is 7.11 Å². The number of rotatable bonds is 5. The maximum atomic E-state index is 11.9. The molecule has 1 heterocycles. The predicted octanol–water partition coefficient (Wildman–Crippen LogP) is -0.486. The van der Waals surface area contributed by atoms with Crippen LogP contribution in [0.15, 0.2) is 0 Å². The number of hydrogen-bond donors (Lipinski definition) is 1. The number of ether oxygens (including phenoxy) is 1. The van der Waals surface area contributed by atoms with Crippen molar-refractivity contribution >= 4 is 5.91 Å². The molecule has 0 aromatic heterocycles. The fourth-order valence-electron chi connectivity index (χ4n) is 2.01. The van der Waals surface area contributed by atoms with Gasteiger partial charge in [-0.1, -0.05) is 6.92 Å². The van der Waals surface area contributed by atoms with Gasteiger partial charge in [0, 0.05) is 39.8 Å². The van der Waals surface area contributed by atoms with Crippen LogP contribution in [0.5, 0.6) is 0 Å². The first kappa shape index (κ1) is 13.4. The van der Waals surface area contributed by atoms with E-state index < -0.39 is 6.10 Å². The summed E-state index contributed by atoms with van der Waals surface area (Å²) in [7, 11) is 1.53. The summed E-state index contributed by atoms with van der Waals surface area (Å²) >= 11 is 0. The number of nitrogens with zero attached hydrogens (tertiary/aromatic N) is 2. The molecule has 1 rings (SSSR count). The molecule has 0 aromatic carbocycles. The smallest absolute Gasteiger partial charge is 0.253 e. The van der Waals surface area contributed by atoms with Crippen molar-refractivity contribution in [2.75, 3.05) is 46.4 Å². The van der Waals surface area contributed by atoms with Crippen LogP contribution in [-0.4, -0.2) is 68.2 Å². The molecule has 1 unspecified atom stereocenters. The van der Waals surface area contributed by atoms with Crippen LogP contribution in [0, 0.1) is 0 Å². The summed E-state index contributed by atoms with van der Waals surface area (Å²) in [6.07, 6.45) is 0.690. The topological polar surface area (TPSA) is 58.8 Å². The van der Waals surface area contributed by atoms with Gasteiger partial charge in [-0.3, -0.25) is 9.69 Å². The van der Waals surface area contributed by atoms with Gasteiger partial charge >= 0.3 is 0 Å². The fourth-order valence-corrected chi connectivity index (χ4v) is 2.01. The van der Waals surface area contributed by atoms with Gasteiger partial charge in [-0.2, -0.15) is 0 Å². The lowest BCUT2D eigenvalue weighted by Crippen LogP contribution is -2.53. The van der Waals surface area contributed by atoms with Crippen LogP contribution in [0.4, 0.5) is 0 Å². The zero-order chi connectivity index (χ0) is 12.0. The first-order valence-electron chi connectivity index (χ1n) is 5.97. The van der Waals surface area contributed by atoms with E-state index in [4.69, 9.17) is 10.5 Å². The Hall–Kier alpha value is -0.650. The van der Waals surface area contributed by atoms with Gasteiger partial charge in [0.15, 0.2) is 0 Å². The van der Waals surface area contributed by atoms with E-state index >= 15 is 0 Å². The molecular formula is C11H23N3O2. The lowest BCUT2D eigenvalue weighted by molar-refractivity contribution is -0.143. The summed E-state index contributed by atoms with van der Waals surface area (Å²) in [5.41, 5.74) is 5.48. The average molecular weight is 229 g/mol. The molecule has 0 aliphatic carbocycles. The van der Waals surface area contributed by atoms with Gasteiger partial charge in [0.1, 0.15) is 6.10 Å². The van der Waals surface area contributed by atoms with Crippen LogP contribution in [-0.2, 0) is 9.53 Å². The van der Waals surface area contributed by atoms with E-state index in [0.717, 1.165) is 39.1 Å². The van der Waals surface area contributed by atoms with Gasteiger partial charge in [0.05, 0.1) is 0 Å². The first-order valence-corrected chi connectivity index (χ1v) is 5.97. The molecule has 16 heavy (non-hydrogen) atoms. The third-order valence-electron chi connectivity index (χ3n) is 3.00. The van der Waals surface area contributed by atoms with Crippen LogP contribution in [0.25, 0.3) is 0 Å². The van der Waals surface area contributed by atoms with E-state index in [1.807, 2.05) is 4.90 Å². The van der Waals surface area contributed by atoms with E-state index in [9.17, 15) is 4.79 Å². The molecule has 2 N–H and O–H groups in total. The van der Waals surface area contributed by atoms with Gasteiger partial charge in [0.2, 0.25) is 0 Å². The van der Waals surface area contributed by atoms with Gasteiger partial charge in [-0.15, -0.1) is 0 Å². The molecule has 1 amide bonds. The molecule has 0 saturated carbocycles. The number of carbonyl (C=O) groups excluding carboxylic acids is 1. The third kappa shape index (κ3) is 3.43. The second-order valence-electron chi connectivity index (χ2n) is 4.13. The SMILES string of the molecule is CCCN1CCN(C(=O)C(CN)OC)CC1. The molecule has 0 aromatic rings. The Morgan fingerprint density at radius 1 is 1.38 bits per heavy atom. The fraction of sp³-hybridized carbons (Fsp3) is 0.909. The van der Waals surface area contributed by atoms with Crippen molar-refractivity contribution in [3.63, 3.8) is 0 Å². The molecule has 0 bridgehead atoms. The highest BCUT2D eigenvalue weighted by atomic mass is 16.5.